The van der Waals surface area contributed by atoms with Gasteiger partial charge in [-0.15, -0.1) is 11.3 Å². The second-order valence-electron chi connectivity index (χ2n) is 6.59. The molecule has 2 saturated heterocycles. The highest BCUT2D eigenvalue weighted by atomic mass is 32.1. The Balaban J connectivity index is 1.28. The topological polar surface area (TPSA) is 54.7 Å². The lowest BCUT2D eigenvalue weighted by Gasteiger charge is -2.35. The quantitative estimate of drug-likeness (QED) is 0.904. The average molecular weight is 346 g/mol. The number of carbonyl (C=O) groups is 1. The van der Waals surface area contributed by atoms with Gasteiger partial charge in [0.05, 0.1) is 19.0 Å². The summed E-state index contributed by atoms with van der Waals surface area (Å²) in [6.07, 6.45) is 2.77. The Hall–Kier alpha value is -1.63. The number of hydrogen-bond donors (Lipinski definition) is 1. The second kappa shape index (κ2) is 7.09. The lowest BCUT2D eigenvalue weighted by Crippen LogP contribution is -2.43. The van der Waals surface area contributed by atoms with Gasteiger partial charge in [0.15, 0.2) is 5.76 Å². The van der Waals surface area contributed by atoms with Crippen molar-refractivity contribution in [3.05, 3.63) is 46.5 Å². The maximum absolute atomic E-state index is 12.0. The van der Waals surface area contributed by atoms with E-state index in [4.69, 9.17) is 9.15 Å². The van der Waals surface area contributed by atoms with Gasteiger partial charge in [0.1, 0.15) is 0 Å². The summed E-state index contributed by atoms with van der Waals surface area (Å²) in [5.41, 5.74) is 0. The van der Waals surface area contributed by atoms with Gasteiger partial charge in [0.25, 0.3) is 5.91 Å². The van der Waals surface area contributed by atoms with Crippen LogP contribution in [0.15, 0.2) is 40.3 Å². The number of likely N-dealkylation sites (tertiary alicyclic amines) is 1. The van der Waals surface area contributed by atoms with E-state index in [1.807, 2.05) is 11.3 Å². The minimum Gasteiger partial charge on any atom is -0.459 e. The fourth-order valence-electron chi connectivity index (χ4n) is 3.83. The zero-order valence-electron chi connectivity index (χ0n) is 13.5. The summed E-state index contributed by atoms with van der Waals surface area (Å²) in [5.74, 6) is 1.31. The monoisotopic (exact) mass is 346 g/mol. The SMILES string of the molecule is O=C(NC[C@@H]1OC[C@H]2CN(Cc3cccs3)CC[C@H]21)c1ccco1. The Kier molecular flexibility index (Phi) is 4.69. The van der Waals surface area contributed by atoms with Crippen molar-refractivity contribution in [3.8, 4) is 0 Å². The molecule has 1 amide bonds. The predicted molar refractivity (Wildman–Crippen MR) is 92.0 cm³/mol. The molecule has 24 heavy (non-hydrogen) atoms. The first-order chi connectivity index (χ1) is 11.8. The number of fused-ring (bicyclic) bond motifs is 1. The van der Waals surface area contributed by atoms with Gasteiger partial charge in [-0.1, -0.05) is 6.07 Å². The van der Waals surface area contributed by atoms with Crippen LogP contribution in [0.5, 0.6) is 0 Å². The Bertz CT molecular complexity index is 656. The maximum atomic E-state index is 12.0. The molecule has 4 heterocycles. The van der Waals surface area contributed by atoms with Crippen molar-refractivity contribution in [1.82, 2.24) is 10.2 Å². The molecule has 2 aliphatic rings. The van der Waals surface area contributed by atoms with E-state index < -0.39 is 0 Å². The number of ether oxygens (including phenoxy) is 1. The highest BCUT2D eigenvalue weighted by molar-refractivity contribution is 7.09. The van der Waals surface area contributed by atoms with E-state index in [0.717, 1.165) is 32.7 Å². The highest BCUT2D eigenvalue weighted by Gasteiger charge is 2.40. The summed E-state index contributed by atoms with van der Waals surface area (Å²) in [5, 5.41) is 5.08. The van der Waals surface area contributed by atoms with Crippen molar-refractivity contribution in [3.63, 3.8) is 0 Å². The number of piperidine rings is 1. The number of rotatable bonds is 5. The van der Waals surface area contributed by atoms with Crippen LogP contribution >= 0.6 is 11.3 Å². The second-order valence-corrected chi connectivity index (χ2v) is 7.62. The van der Waals surface area contributed by atoms with Crippen molar-refractivity contribution in [1.29, 1.82) is 0 Å². The molecule has 0 bridgehead atoms. The fourth-order valence-corrected chi connectivity index (χ4v) is 4.57. The van der Waals surface area contributed by atoms with Crippen LogP contribution in [0.3, 0.4) is 0 Å². The minimum atomic E-state index is -0.165. The number of amides is 1. The summed E-state index contributed by atoms with van der Waals surface area (Å²) >= 11 is 1.82. The van der Waals surface area contributed by atoms with E-state index in [2.05, 4.69) is 27.7 Å². The number of nitrogens with one attached hydrogen (secondary N) is 1. The zero-order chi connectivity index (χ0) is 16.4. The number of carbonyl (C=O) groups excluding carboxylic acids is 1. The lowest BCUT2D eigenvalue weighted by atomic mass is 9.84. The summed E-state index contributed by atoms with van der Waals surface area (Å²) < 4.78 is 11.1. The Morgan fingerprint density at radius 1 is 1.38 bits per heavy atom. The first-order valence-corrected chi connectivity index (χ1v) is 9.35. The molecule has 128 valence electrons. The molecule has 0 aliphatic carbocycles. The van der Waals surface area contributed by atoms with E-state index in [9.17, 15) is 4.79 Å². The smallest absolute Gasteiger partial charge is 0.287 e. The van der Waals surface area contributed by atoms with E-state index in [0.29, 0.717) is 24.1 Å². The molecule has 6 heteroatoms. The molecule has 0 aromatic carbocycles. The summed E-state index contributed by atoms with van der Waals surface area (Å²) in [6, 6.07) is 7.72. The van der Waals surface area contributed by atoms with Crippen LogP contribution in [0.1, 0.15) is 21.9 Å². The van der Waals surface area contributed by atoms with Crippen LogP contribution in [0.25, 0.3) is 0 Å². The van der Waals surface area contributed by atoms with E-state index >= 15 is 0 Å². The van der Waals surface area contributed by atoms with Crippen molar-refractivity contribution in [2.24, 2.45) is 11.8 Å². The maximum Gasteiger partial charge on any atom is 0.287 e. The summed E-state index contributed by atoms with van der Waals surface area (Å²) in [4.78, 5) is 15.9. The van der Waals surface area contributed by atoms with Crippen molar-refractivity contribution in [2.45, 2.75) is 19.1 Å². The predicted octanol–water partition coefficient (Wildman–Crippen LogP) is 2.61. The normalized spacial score (nSPS) is 27.1. The van der Waals surface area contributed by atoms with Crippen LogP contribution in [0, 0.1) is 11.8 Å². The van der Waals surface area contributed by atoms with Crippen LogP contribution < -0.4 is 5.32 Å². The van der Waals surface area contributed by atoms with Gasteiger partial charge >= 0.3 is 0 Å². The number of furan rings is 1. The van der Waals surface area contributed by atoms with Gasteiger partial charge in [0.2, 0.25) is 0 Å². The molecule has 0 unspecified atom stereocenters. The van der Waals surface area contributed by atoms with Crippen molar-refractivity contribution >= 4 is 17.2 Å². The zero-order valence-corrected chi connectivity index (χ0v) is 14.3. The Morgan fingerprint density at radius 2 is 2.33 bits per heavy atom. The number of nitrogens with zero attached hydrogens (tertiary/aromatic N) is 1. The molecule has 1 N–H and O–H groups in total. The third-order valence-corrected chi connectivity index (χ3v) is 5.91. The molecule has 2 aliphatic heterocycles. The van der Waals surface area contributed by atoms with Crippen LogP contribution in [0.4, 0.5) is 0 Å². The van der Waals surface area contributed by atoms with Gasteiger partial charge in [-0.25, -0.2) is 0 Å². The molecule has 5 nitrogen and oxygen atoms in total. The molecule has 3 atom stereocenters. The molecular formula is C18H22N2O3S. The summed E-state index contributed by atoms with van der Waals surface area (Å²) in [7, 11) is 0. The third-order valence-electron chi connectivity index (χ3n) is 5.05. The summed E-state index contributed by atoms with van der Waals surface area (Å²) in [6.45, 7) is 4.59. The van der Waals surface area contributed by atoms with Crippen LogP contribution in [-0.4, -0.2) is 43.2 Å². The van der Waals surface area contributed by atoms with E-state index in [1.165, 1.54) is 11.1 Å². The van der Waals surface area contributed by atoms with Crippen LogP contribution in [0.2, 0.25) is 0 Å². The fraction of sp³-hybridized carbons (Fsp3) is 0.500. The van der Waals surface area contributed by atoms with Crippen LogP contribution in [-0.2, 0) is 11.3 Å². The molecule has 0 radical (unpaired) electrons. The van der Waals surface area contributed by atoms with Crippen molar-refractivity contribution < 1.29 is 13.9 Å². The molecule has 2 aromatic heterocycles. The van der Waals surface area contributed by atoms with E-state index in [1.54, 1.807) is 12.1 Å². The first-order valence-electron chi connectivity index (χ1n) is 8.47. The molecule has 0 saturated carbocycles. The third kappa shape index (κ3) is 3.41. The first kappa shape index (κ1) is 15.9. The van der Waals surface area contributed by atoms with Gasteiger partial charge < -0.3 is 14.5 Å². The highest BCUT2D eigenvalue weighted by Crippen LogP contribution is 2.34. The molecule has 4 rings (SSSR count). The minimum absolute atomic E-state index is 0.123. The molecule has 2 fully saturated rings. The molecule has 0 spiro atoms. The Morgan fingerprint density at radius 3 is 3.12 bits per heavy atom. The van der Waals surface area contributed by atoms with Gasteiger partial charge in [-0.2, -0.15) is 0 Å². The van der Waals surface area contributed by atoms with Gasteiger partial charge in [-0.05, 0) is 42.5 Å². The lowest BCUT2D eigenvalue weighted by molar-refractivity contribution is 0.0730. The van der Waals surface area contributed by atoms with Crippen molar-refractivity contribution in [2.75, 3.05) is 26.2 Å². The number of thiophene rings is 1. The Labute approximate surface area is 145 Å². The van der Waals surface area contributed by atoms with E-state index in [-0.39, 0.29) is 12.0 Å². The molecule has 2 aromatic rings. The number of hydrogen-bond acceptors (Lipinski definition) is 5. The van der Waals surface area contributed by atoms with Gasteiger partial charge in [-0.3, -0.25) is 9.69 Å². The standard InChI is InChI=1S/C18H22N2O3S/c21-18(16-4-1-7-22-16)19-9-17-15-5-6-20(10-13(15)12-23-17)11-14-3-2-8-24-14/h1-4,7-8,13,15,17H,5-6,9-12H2,(H,19,21)/t13-,15-,17+/m1/s1. The average Bonchev–Trinajstić information content (AvgIpc) is 3.34. The largest absolute Gasteiger partial charge is 0.459 e. The molecular weight excluding hydrogens is 324 g/mol. The van der Waals surface area contributed by atoms with Gasteiger partial charge in [0, 0.05) is 30.4 Å².